The van der Waals surface area contributed by atoms with Crippen LogP contribution in [0.2, 0.25) is 5.02 Å². The Hall–Kier alpha value is -4.09. The van der Waals surface area contributed by atoms with E-state index in [1.807, 2.05) is 13.8 Å². The van der Waals surface area contributed by atoms with Gasteiger partial charge in [0, 0.05) is 29.8 Å². The van der Waals surface area contributed by atoms with Crippen LogP contribution in [0.25, 0.3) is 10.9 Å². The Morgan fingerprint density at radius 1 is 1.11 bits per heavy atom. The van der Waals surface area contributed by atoms with E-state index in [4.69, 9.17) is 16.4 Å². The molecule has 0 bridgehead atoms. The molecule has 0 aliphatic heterocycles. The van der Waals surface area contributed by atoms with Crippen LogP contribution in [0.15, 0.2) is 42.6 Å². The van der Waals surface area contributed by atoms with Gasteiger partial charge in [-0.25, -0.2) is 4.39 Å². The molecule has 0 aliphatic rings. The first kappa shape index (κ1) is 39.9. The fourth-order valence-corrected chi connectivity index (χ4v) is 4.35. The number of carbonyl (C=O) groups excluding carboxylic acids is 3. The van der Waals surface area contributed by atoms with Crippen LogP contribution in [0.3, 0.4) is 0 Å². The number of terminal acetylenes is 1. The number of Topliss-reactive ketones (excluding diaryl/α,β-unsaturated/α-hetero) is 1. The highest BCUT2D eigenvalue weighted by Gasteiger charge is 2.48. The molecule has 0 saturated carbocycles. The van der Waals surface area contributed by atoms with Gasteiger partial charge in [0.05, 0.1) is 10.5 Å². The summed E-state index contributed by atoms with van der Waals surface area (Å²) < 4.78 is 80.1. The SMILES string of the molecule is C#C.CC.CC(=O)c1cn(CC(=O)NCCCCCc2cccc(Cl)c2F)c2cc(OS(=O)(=O)C(F)(F)F)ccc12.NC=O. The van der Waals surface area contributed by atoms with Crippen molar-refractivity contribution in [3.63, 3.8) is 0 Å². The number of nitrogens with one attached hydrogen (secondary N) is 1. The second-order valence-corrected chi connectivity index (χ2v) is 10.3. The summed E-state index contributed by atoms with van der Waals surface area (Å²) in [4.78, 5) is 33.0. The lowest BCUT2D eigenvalue weighted by atomic mass is 10.1. The summed E-state index contributed by atoms with van der Waals surface area (Å²) in [7, 11) is -5.89. The zero-order chi connectivity index (χ0) is 34.1. The van der Waals surface area contributed by atoms with E-state index in [-0.39, 0.29) is 34.8 Å². The maximum atomic E-state index is 13.9. The van der Waals surface area contributed by atoms with Gasteiger partial charge in [0.15, 0.2) is 5.78 Å². The minimum Gasteiger partial charge on any atom is -0.376 e. The summed E-state index contributed by atoms with van der Waals surface area (Å²) in [5.74, 6) is -1.83. The predicted molar refractivity (Wildman–Crippen MR) is 161 cm³/mol. The molecule has 2 amide bonds. The smallest absolute Gasteiger partial charge is 0.376 e. The Labute approximate surface area is 258 Å². The van der Waals surface area contributed by atoms with E-state index in [2.05, 4.69) is 28.1 Å². The number of primary amides is 1. The molecule has 0 spiro atoms. The molecule has 44 heavy (non-hydrogen) atoms. The minimum atomic E-state index is -5.89. The maximum absolute atomic E-state index is 13.9. The van der Waals surface area contributed by atoms with Crippen molar-refractivity contribution < 1.29 is 44.5 Å². The minimum absolute atomic E-state index is 0.0656. The molecule has 0 radical (unpaired) electrons. The fourth-order valence-electron chi connectivity index (χ4n) is 3.71. The van der Waals surface area contributed by atoms with Crippen molar-refractivity contribution in [2.75, 3.05) is 6.54 Å². The molecule has 0 unspecified atom stereocenters. The number of amides is 2. The average Bonchev–Trinajstić information content (AvgIpc) is 3.32. The molecule has 242 valence electrons. The molecule has 0 aliphatic carbocycles. The molecular weight excluding hydrogens is 630 g/mol. The van der Waals surface area contributed by atoms with Crippen molar-refractivity contribution in [2.45, 2.75) is 58.5 Å². The van der Waals surface area contributed by atoms with E-state index >= 15 is 0 Å². The zero-order valence-corrected chi connectivity index (χ0v) is 25.9. The first-order chi connectivity index (χ1) is 20.7. The Balaban J connectivity index is 0.00000244. The molecule has 0 saturated heterocycles. The Kier molecular flexibility index (Phi) is 17.5. The van der Waals surface area contributed by atoms with Gasteiger partial charge in [-0.05, 0) is 49.9 Å². The Morgan fingerprint density at radius 3 is 2.30 bits per heavy atom. The number of halogens is 5. The summed E-state index contributed by atoms with van der Waals surface area (Å²) in [5.41, 5.74) is -0.569. The molecule has 15 heteroatoms. The summed E-state index contributed by atoms with van der Waals surface area (Å²) in [6.07, 6.45) is 12.1. The van der Waals surface area contributed by atoms with Gasteiger partial charge in [0.1, 0.15) is 18.1 Å². The Morgan fingerprint density at radius 2 is 1.73 bits per heavy atom. The van der Waals surface area contributed by atoms with Crippen molar-refractivity contribution >= 4 is 50.7 Å². The van der Waals surface area contributed by atoms with Crippen LogP contribution in [0.4, 0.5) is 17.6 Å². The van der Waals surface area contributed by atoms with E-state index in [1.54, 1.807) is 12.1 Å². The third-order valence-electron chi connectivity index (χ3n) is 5.51. The predicted octanol–water partition coefficient (Wildman–Crippen LogP) is 5.77. The number of hydrogen-bond donors (Lipinski definition) is 2. The maximum Gasteiger partial charge on any atom is 0.534 e. The largest absolute Gasteiger partial charge is 0.534 e. The summed E-state index contributed by atoms with van der Waals surface area (Å²) in [6.45, 7) is 5.34. The Bertz CT molecular complexity index is 1520. The molecule has 3 aromatic rings. The zero-order valence-electron chi connectivity index (χ0n) is 24.3. The second kappa shape index (κ2) is 19.2. The lowest BCUT2D eigenvalue weighted by Gasteiger charge is -2.11. The van der Waals surface area contributed by atoms with Crippen molar-refractivity contribution in [3.8, 4) is 18.6 Å². The van der Waals surface area contributed by atoms with E-state index in [0.717, 1.165) is 12.1 Å². The number of aryl methyl sites for hydroxylation is 1. The van der Waals surface area contributed by atoms with Crippen LogP contribution in [-0.4, -0.2) is 43.1 Å². The third-order valence-corrected chi connectivity index (χ3v) is 6.78. The number of aromatic nitrogens is 1. The highest BCUT2D eigenvalue weighted by atomic mass is 35.5. The normalized spacial score (nSPS) is 10.6. The van der Waals surface area contributed by atoms with Gasteiger partial charge in [-0.3, -0.25) is 14.4 Å². The summed E-state index contributed by atoms with van der Waals surface area (Å²) >= 11 is 5.77. The standard InChI is InChI=1S/C24H23ClF4N2O5S.C2H6.C2H2.CH3NO/c1-15(32)19-13-31(21-12-17(9-10-18(19)21)36-37(34,35)24(27,28)29)14-22(33)30-11-4-2-3-6-16-7-5-8-20(25)23(16)26;2*1-2;2-1-3/h5,7-10,12-13H,2-4,6,11,14H2,1H3,(H,30,33);1-2H3;1-2H;1H,(H2,2,3). The molecule has 3 rings (SSSR count). The highest BCUT2D eigenvalue weighted by molar-refractivity contribution is 7.88. The topological polar surface area (TPSA) is 138 Å². The lowest BCUT2D eigenvalue weighted by Crippen LogP contribution is -2.28. The second-order valence-electron chi connectivity index (χ2n) is 8.40. The van der Waals surface area contributed by atoms with Crippen LogP contribution in [0.5, 0.6) is 5.75 Å². The summed E-state index contributed by atoms with van der Waals surface area (Å²) in [6, 6.07) is 8.08. The van der Waals surface area contributed by atoms with Gasteiger partial charge < -0.3 is 19.8 Å². The first-order valence-electron chi connectivity index (χ1n) is 13.0. The molecular formula is C29H34ClF4N3O6S. The number of fused-ring (bicyclic) bond motifs is 1. The molecule has 1 aromatic heterocycles. The van der Waals surface area contributed by atoms with Crippen molar-refractivity contribution in [1.82, 2.24) is 9.88 Å². The van der Waals surface area contributed by atoms with Crippen LogP contribution in [0.1, 0.15) is 56.0 Å². The van der Waals surface area contributed by atoms with Gasteiger partial charge in [0.25, 0.3) is 0 Å². The lowest BCUT2D eigenvalue weighted by molar-refractivity contribution is -0.121. The first-order valence-corrected chi connectivity index (χ1v) is 14.8. The van der Waals surface area contributed by atoms with Crippen LogP contribution in [-0.2, 0) is 32.7 Å². The van der Waals surface area contributed by atoms with Crippen molar-refractivity contribution in [3.05, 3.63) is 64.6 Å². The number of carbonyl (C=O) groups is 3. The van der Waals surface area contributed by atoms with Gasteiger partial charge >= 0.3 is 15.6 Å². The van der Waals surface area contributed by atoms with E-state index in [9.17, 15) is 35.6 Å². The highest BCUT2D eigenvalue weighted by Crippen LogP contribution is 2.31. The summed E-state index contributed by atoms with van der Waals surface area (Å²) in [5, 5.41) is 3.10. The molecule has 2 aromatic carbocycles. The van der Waals surface area contributed by atoms with Gasteiger partial charge in [-0.1, -0.05) is 44.0 Å². The van der Waals surface area contributed by atoms with E-state index < -0.39 is 33.1 Å². The van der Waals surface area contributed by atoms with Gasteiger partial charge in [-0.15, -0.1) is 12.8 Å². The van der Waals surface area contributed by atoms with Crippen LogP contribution < -0.4 is 15.2 Å². The van der Waals surface area contributed by atoms with Crippen molar-refractivity contribution in [1.29, 1.82) is 0 Å². The molecule has 3 N–H and O–H groups in total. The monoisotopic (exact) mass is 663 g/mol. The quantitative estimate of drug-likeness (QED) is 0.0508. The molecule has 0 fully saturated rings. The number of nitrogens with zero attached hydrogens (tertiary/aromatic N) is 1. The third kappa shape index (κ3) is 11.9. The number of unbranched alkanes of at least 4 members (excludes halogenated alkanes) is 2. The number of nitrogens with two attached hydrogens (primary N) is 1. The van der Waals surface area contributed by atoms with E-state index in [1.165, 1.54) is 29.8 Å². The van der Waals surface area contributed by atoms with E-state index in [0.29, 0.717) is 43.2 Å². The van der Waals surface area contributed by atoms with Gasteiger partial charge in [0.2, 0.25) is 12.3 Å². The number of alkyl halides is 3. The molecule has 9 nitrogen and oxygen atoms in total. The van der Waals surface area contributed by atoms with Gasteiger partial charge in [-0.2, -0.15) is 21.6 Å². The number of rotatable bonds is 11. The number of hydrogen-bond acceptors (Lipinski definition) is 6. The molecule has 0 atom stereocenters. The van der Waals surface area contributed by atoms with Crippen LogP contribution >= 0.6 is 11.6 Å². The number of ketones is 1. The molecule has 1 heterocycles. The fraction of sp³-hybridized carbons (Fsp3) is 0.345. The van der Waals surface area contributed by atoms with Crippen LogP contribution in [0, 0.1) is 18.7 Å². The number of benzene rings is 2. The van der Waals surface area contributed by atoms with Crippen molar-refractivity contribution in [2.24, 2.45) is 5.73 Å². The average molecular weight is 664 g/mol.